The van der Waals surface area contributed by atoms with Gasteiger partial charge in [0.1, 0.15) is 0 Å². The van der Waals surface area contributed by atoms with Crippen LogP contribution in [0.2, 0.25) is 5.02 Å². The van der Waals surface area contributed by atoms with Crippen LogP contribution in [0.25, 0.3) is 12.2 Å². The third-order valence-corrected chi connectivity index (χ3v) is 4.32. The minimum absolute atomic E-state index is 0.0744. The fourth-order valence-corrected chi connectivity index (χ4v) is 3.01. The van der Waals surface area contributed by atoms with Crippen LogP contribution in [0.4, 0.5) is 11.4 Å². The van der Waals surface area contributed by atoms with Crippen LogP contribution in [-0.2, 0) is 9.59 Å². The molecule has 0 aliphatic carbocycles. The van der Waals surface area contributed by atoms with Crippen molar-refractivity contribution in [2.75, 3.05) is 31.9 Å². The molecule has 0 bridgehead atoms. The van der Waals surface area contributed by atoms with Crippen molar-refractivity contribution in [3.05, 3.63) is 70.8 Å². The van der Waals surface area contributed by atoms with E-state index in [9.17, 15) is 9.59 Å². The minimum atomic E-state index is -2.68. The smallest absolute Gasteiger partial charge is 0.328 e. The Morgan fingerprint density at radius 1 is 1.03 bits per heavy atom. The molecule has 0 saturated heterocycles. The lowest BCUT2D eigenvalue weighted by Gasteiger charge is -2.27. The molecular formula is C23H25ClN2O4. The van der Waals surface area contributed by atoms with Gasteiger partial charge in [0.2, 0.25) is 0 Å². The quantitative estimate of drug-likeness (QED) is 0.645. The van der Waals surface area contributed by atoms with E-state index in [1.807, 2.05) is 54.6 Å². The van der Waals surface area contributed by atoms with Crippen molar-refractivity contribution in [3.63, 3.8) is 0 Å². The Kier molecular flexibility index (Phi) is 5.86. The number of hydrogen-bond acceptors (Lipinski definition) is 4. The molecular weight excluding hydrogens is 404 g/mol. The summed E-state index contributed by atoms with van der Waals surface area (Å²) >= 11 is 6.22. The summed E-state index contributed by atoms with van der Waals surface area (Å²) in [7, 11) is 0. The van der Waals surface area contributed by atoms with Crippen LogP contribution < -0.4 is 4.90 Å². The summed E-state index contributed by atoms with van der Waals surface area (Å²) in [4.78, 5) is 21.8. The van der Waals surface area contributed by atoms with Crippen molar-refractivity contribution < 1.29 is 28.0 Å². The van der Waals surface area contributed by atoms with Gasteiger partial charge in [-0.3, -0.25) is 0 Å². The standard InChI is InChI=1S/C19H21ClN2.C4H4O4/c1-21(2)12-5-13-22-18-7-4-3-6-15(18)8-9-16-10-11-17(20)14-19(16)22;5-3(6)1-2-4(7)8/h3-4,6-11,14H,5,12-13H2,1-2H3;1-2H,(H,5,6)(H,7,8)/b;2-1-/i1D3,2D3;. The van der Waals surface area contributed by atoms with Crippen LogP contribution in [0.3, 0.4) is 0 Å². The molecule has 0 radical (unpaired) electrons. The molecule has 1 aliphatic heterocycles. The highest BCUT2D eigenvalue weighted by molar-refractivity contribution is 6.31. The average Bonchev–Trinajstić information content (AvgIpc) is 2.90. The van der Waals surface area contributed by atoms with Gasteiger partial charge in [-0.05, 0) is 56.2 Å². The van der Waals surface area contributed by atoms with E-state index in [1.54, 1.807) is 0 Å². The molecule has 3 rings (SSSR count). The molecule has 0 aromatic heterocycles. The fraction of sp³-hybridized carbons (Fsp3) is 0.217. The number of aliphatic carboxylic acids is 2. The second-order valence-corrected chi connectivity index (χ2v) is 6.70. The van der Waals surface area contributed by atoms with Gasteiger partial charge < -0.3 is 20.0 Å². The number of carboxylic acid groups (broad SMARTS) is 2. The number of para-hydroxylation sites is 1. The van der Waals surface area contributed by atoms with Crippen LogP contribution in [0, 0.1) is 0 Å². The van der Waals surface area contributed by atoms with E-state index < -0.39 is 25.9 Å². The number of fused-ring (bicyclic) bond motifs is 2. The van der Waals surface area contributed by atoms with Crippen LogP contribution in [0.1, 0.15) is 25.8 Å². The summed E-state index contributed by atoms with van der Waals surface area (Å²) in [6.45, 7) is -4.97. The Morgan fingerprint density at radius 2 is 1.67 bits per heavy atom. The molecule has 2 N–H and O–H groups in total. The summed E-state index contributed by atoms with van der Waals surface area (Å²) in [5.41, 5.74) is 3.89. The first-order valence-electron chi connectivity index (χ1n) is 12.0. The molecule has 0 atom stereocenters. The van der Waals surface area contributed by atoms with Crippen LogP contribution in [0.5, 0.6) is 0 Å². The lowest BCUT2D eigenvalue weighted by Crippen LogP contribution is -2.24. The molecule has 2 aromatic rings. The predicted octanol–water partition coefficient (Wildman–Crippen LogP) is 4.63. The highest BCUT2D eigenvalue weighted by Gasteiger charge is 2.17. The van der Waals surface area contributed by atoms with Crippen LogP contribution in [0.15, 0.2) is 54.6 Å². The monoisotopic (exact) mass is 434 g/mol. The van der Waals surface area contributed by atoms with Crippen molar-refractivity contribution in [1.82, 2.24) is 4.90 Å². The van der Waals surface area contributed by atoms with E-state index in [1.165, 1.54) is 0 Å². The Balaban J connectivity index is 0.000000493. The Labute approximate surface area is 189 Å². The van der Waals surface area contributed by atoms with Gasteiger partial charge in [0.05, 0.1) is 0 Å². The number of carboxylic acids is 2. The third kappa shape index (κ3) is 7.06. The Hall–Kier alpha value is -3.09. The second kappa shape index (κ2) is 11.2. The third-order valence-electron chi connectivity index (χ3n) is 4.09. The zero-order chi connectivity index (χ0) is 27.1. The zero-order valence-corrected chi connectivity index (χ0v) is 16.7. The molecule has 0 fully saturated rings. The normalized spacial score (nSPS) is 15.9. The van der Waals surface area contributed by atoms with Gasteiger partial charge >= 0.3 is 11.9 Å². The first kappa shape index (κ1) is 15.7. The van der Waals surface area contributed by atoms with E-state index in [0.29, 0.717) is 35.0 Å². The van der Waals surface area contributed by atoms with E-state index in [-0.39, 0.29) is 6.54 Å². The van der Waals surface area contributed by atoms with Gasteiger partial charge in [-0.15, -0.1) is 0 Å². The van der Waals surface area contributed by atoms with Crippen LogP contribution >= 0.6 is 11.6 Å². The van der Waals surface area contributed by atoms with Crippen molar-refractivity contribution in [2.45, 2.75) is 6.42 Å². The molecule has 0 unspecified atom stereocenters. The molecule has 30 heavy (non-hydrogen) atoms. The lowest BCUT2D eigenvalue weighted by molar-refractivity contribution is -0.134. The van der Waals surface area contributed by atoms with Gasteiger partial charge in [-0.1, -0.05) is 48.0 Å². The molecule has 1 aliphatic rings. The highest BCUT2D eigenvalue weighted by Crippen LogP contribution is 2.37. The molecule has 7 heteroatoms. The Morgan fingerprint density at radius 3 is 2.30 bits per heavy atom. The number of nitrogens with zero attached hydrogens (tertiary/aromatic N) is 2. The first-order valence-corrected chi connectivity index (χ1v) is 9.34. The maximum absolute atomic E-state index is 9.55. The van der Waals surface area contributed by atoms with Crippen molar-refractivity contribution >= 4 is 47.1 Å². The van der Waals surface area contributed by atoms with Gasteiger partial charge in [0.15, 0.2) is 0 Å². The maximum Gasteiger partial charge on any atom is 0.328 e. The van der Waals surface area contributed by atoms with E-state index in [0.717, 1.165) is 22.5 Å². The van der Waals surface area contributed by atoms with Crippen molar-refractivity contribution in [1.29, 1.82) is 0 Å². The first-order chi connectivity index (χ1) is 16.7. The molecule has 0 saturated carbocycles. The number of anilines is 2. The van der Waals surface area contributed by atoms with Crippen LogP contribution in [-0.4, -0.2) is 54.1 Å². The highest BCUT2D eigenvalue weighted by atomic mass is 35.5. The van der Waals surface area contributed by atoms with Gasteiger partial charge in [0.25, 0.3) is 0 Å². The molecule has 158 valence electrons. The largest absolute Gasteiger partial charge is 0.478 e. The number of halogens is 1. The molecule has 0 spiro atoms. The summed E-state index contributed by atoms with van der Waals surface area (Å²) in [5, 5.41) is 16.2. The lowest BCUT2D eigenvalue weighted by atomic mass is 10.1. The SMILES string of the molecule is O=C(O)/C=C\C(=O)O.[2H]C([2H])([2H])N(CCCN1c2ccccc2C=Cc2ccc(Cl)cc21)C([2H])([2H])[2H]. The molecule has 6 nitrogen and oxygen atoms in total. The number of hydrogen-bond donors (Lipinski definition) is 2. The fourth-order valence-electron chi connectivity index (χ4n) is 2.85. The van der Waals surface area contributed by atoms with Crippen molar-refractivity contribution in [2.24, 2.45) is 0 Å². The topological polar surface area (TPSA) is 81.1 Å². The summed E-state index contributed by atoms with van der Waals surface area (Å²) < 4.78 is 45.1. The number of rotatable bonds is 6. The van der Waals surface area contributed by atoms with Gasteiger partial charge in [-0.2, -0.15) is 0 Å². The molecule has 1 heterocycles. The summed E-state index contributed by atoms with van der Waals surface area (Å²) in [5.74, 6) is -2.51. The molecule has 2 aromatic carbocycles. The van der Waals surface area contributed by atoms with Gasteiger partial charge in [0, 0.05) is 43.3 Å². The second-order valence-electron chi connectivity index (χ2n) is 6.26. The average molecular weight is 435 g/mol. The van der Waals surface area contributed by atoms with E-state index in [2.05, 4.69) is 4.90 Å². The number of carbonyl (C=O) groups is 2. The zero-order valence-electron chi connectivity index (χ0n) is 22.0. The van der Waals surface area contributed by atoms with Gasteiger partial charge in [-0.25, -0.2) is 9.59 Å². The maximum atomic E-state index is 9.55. The van der Waals surface area contributed by atoms with E-state index >= 15 is 0 Å². The predicted molar refractivity (Wildman–Crippen MR) is 121 cm³/mol. The van der Waals surface area contributed by atoms with E-state index in [4.69, 9.17) is 30.0 Å². The Bertz CT molecular complexity index is 1120. The van der Waals surface area contributed by atoms with Crippen molar-refractivity contribution in [3.8, 4) is 0 Å². The molecule has 0 amide bonds. The number of benzene rings is 2. The minimum Gasteiger partial charge on any atom is -0.478 e. The summed E-state index contributed by atoms with van der Waals surface area (Å²) in [6, 6.07) is 13.5. The summed E-state index contributed by atoms with van der Waals surface area (Å²) in [6.07, 6.45) is 5.52.